The summed E-state index contributed by atoms with van der Waals surface area (Å²) in [5.41, 5.74) is 5.82. The van der Waals surface area contributed by atoms with E-state index in [0.29, 0.717) is 0 Å². The van der Waals surface area contributed by atoms with E-state index in [1.54, 1.807) is 12.4 Å². The Balaban J connectivity index is 1.78. The van der Waals surface area contributed by atoms with E-state index in [2.05, 4.69) is 20.2 Å². The van der Waals surface area contributed by atoms with Crippen molar-refractivity contribution < 1.29 is 4.79 Å². The molecule has 2 rings (SSSR count). The lowest BCUT2D eigenvalue weighted by Gasteiger charge is -2.32. The SMILES string of the molecule is CCC[C@@H](N)C(=O)NC1CCN(c2ncccn2)CC1. The predicted octanol–water partition coefficient (Wildman–Crippen LogP) is 0.689. The smallest absolute Gasteiger partial charge is 0.237 e. The summed E-state index contributed by atoms with van der Waals surface area (Å²) in [4.78, 5) is 22.5. The molecule has 0 aliphatic carbocycles. The minimum absolute atomic E-state index is 0.0266. The number of anilines is 1. The van der Waals surface area contributed by atoms with Gasteiger partial charge in [0, 0.05) is 31.5 Å². The lowest BCUT2D eigenvalue weighted by Crippen LogP contribution is -2.49. The molecule has 6 nitrogen and oxygen atoms in total. The van der Waals surface area contributed by atoms with Gasteiger partial charge in [0.15, 0.2) is 0 Å². The third-order valence-electron chi connectivity index (χ3n) is 3.61. The fourth-order valence-corrected chi connectivity index (χ4v) is 2.43. The van der Waals surface area contributed by atoms with E-state index >= 15 is 0 Å². The second kappa shape index (κ2) is 7.19. The van der Waals surface area contributed by atoms with Gasteiger partial charge in [-0.3, -0.25) is 4.79 Å². The summed E-state index contributed by atoms with van der Waals surface area (Å²) in [7, 11) is 0. The van der Waals surface area contributed by atoms with Gasteiger partial charge in [-0.25, -0.2) is 9.97 Å². The summed E-state index contributed by atoms with van der Waals surface area (Å²) in [5, 5.41) is 3.04. The zero-order valence-electron chi connectivity index (χ0n) is 12.0. The normalized spacial score (nSPS) is 17.8. The van der Waals surface area contributed by atoms with Crippen LogP contribution in [0.2, 0.25) is 0 Å². The Morgan fingerprint density at radius 3 is 2.70 bits per heavy atom. The zero-order chi connectivity index (χ0) is 14.4. The van der Waals surface area contributed by atoms with Crippen LogP contribution in [0.4, 0.5) is 5.95 Å². The molecule has 1 amide bonds. The number of hydrogen-bond donors (Lipinski definition) is 2. The second-order valence-electron chi connectivity index (χ2n) is 5.21. The molecule has 1 aromatic rings. The summed E-state index contributed by atoms with van der Waals surface area (Å²) in [6.07, 6.45) is 6.98. The van der Waals surface area contributed by atoms with Gasteiger partial charge in [0.1, 0.15) is 0 Å². The van der Waals surface area contributed by atoms with Crippen LogP contribution in [-0.2, 0) is 4.79 Å². The van der Waals surface area contributed by atoms with Crippen LogP contribution in [0.15, 0.2) is 18.5 Å². The maximum atomic E-state index is 11.9. The van der Waals surface area contributed by atoms with E-state index in [1.807, 2.05) is 13.0 Å². The molecule has 0 unspecified atom stereocenters. The maximum Gasteiger partial charge on any atom is 0.237 e. The van der Waals surface area contributed by atoms with Gasteiger partial charge >= 0.3 is 0 Å². The zero-order valence-corrected chi connectivity index (χ0v) is 12.0. The lowest BCUT2D eigenvalue weighted by atomic mass is 10.0. The Bertz CT molecular complexity index is 417. The van der Waals surface area contributed by atoms with Crippen molar-refractivity contribution in [1.82, 2.24) is 15.3 Å². The van der Waals surface area contributed by atoms with Gasteiger partial charge in [-0.1, -0.05) is 13.3 Å². The number of amides is 1. The number of piperidine rings is 1. The minimum atomic E-state index is -0.379. The third-order valence-corrected chi connectivity index (χ3v) is 3.61. The van der Waals surface area contributed by atoms with Gasteiger partial charge < -0.3 is 16.0 Å². The molecule has 0 saturated carbocycles. The molecule has 1 fully saturated rings. The van der Waals surface area contributed by atoms with Gasteiger partial charge in [-0.15, -0.1) is 0 Å². The van der Waals surface area contributed by atoms with Crippen molar-refractivity contribution in [3.05, 3.63) is 18.5 Å². The van der Waals surface area contributed by atoms with Gasteiger partial charge in [-0.05, 0) is 25.3 Å². The van der Waals surface area contributed by atoms with E-state index < -0.39 is 0 Å². The average Bonchev–Trinajstić information content (AvgIpc) is 2.49. The highest BCUT2D eigenvalue weighted by Gasteiger charge is 2.23. The van der Waals surface area contributed by atoms with Gasteiger partial charge in [0.05, 0.1) is 6.04 Å². The summed E-state index contributed by atoms with van der Waals surface area (Å²) in [5.74, 6) is 0.737. The summed E-state index contributed by atoms with van der Waals surface area (Å²) in [6, 6.07) is 1.65. The summed E-state index contributed by atoms with van der Waals surface area (Å²) < 4.78 is 0. The number of carbonyl (C=O) groups is 1. The lowest BCUT2D eigenvalue weighted by molar-refractivity contribution is -0.123. The first-order chi connectivity index (χ1) is 9.70. The average molecular weight is 277 g/mol. The van der Waals surface area contributed by atoms with Crippen molar-refractivity contribution >= 4 is 11.9 Å². The molecule has 6 heteroatoms. The fraction of sp³-hybridized carbons (Fsp3) is 0.643. The Kier molecular flexibility index (Phi) is 5.29. The molecule has 0 spiro atoms. The standard InChI is InChI=1S/C14H23N5O/c1-2-4-12(15)13(20)18-11-5-9-19(10-6-11)14-16-7-3-8-17-14/h3,7-8,11-12H,2,4-6,9-10,15H2,1H3,(H,18,20)/t12-/m1/s1. The molecule has 0 aromatic carbocycles. The molecule has 1 aliphatic rings. The largest absolute Gasteiger partial charge is 0.352 e. The fourth-order valence-electron chi connectivity index (χ4n) is 2.43. The quantitative estimate of drug-likeness (QED) is 0.827. The van der Waals surface area contributed by atoms with E-state index in [4.69, 9.17) is 5.73 Å². The molecule has 1 aliphatic heterocycles. The van der Waals surface area contributed by atoms with Crippen LogP contribution >= 0.6 is 0 Å². The first-order valence-electron chi connectivity index (χ1n) is 7.28. The number of hydrogen-bond acceptors (Lipinski definition) is 5. The van der Waals surface area contributed by atoms with E-state index in [1.165, 1.54) is 0 Å². The highest BCUT2D eigenvalue weighted by Crippen LogP contribution is 2.15. The van der Waals surface area contributed by atoms with Crippen LogP contribution in [0, 0.1) is 0 Å². The van der Waals surface area contributed by atoms with Crippen molar-refractivity contribution in [1.29, 1.82) is 0 Å². The third kappa shape index (κ3) is 3.90. The molecule has 110 valence electrons. The maximum absolute atomic E-state index is 11.9. The Morgan fingerprint density at radius 2 is 2.10 bits per heavy atom. The van der Waals surface area contributed by atoms with Crippen molar-refractivity contribution in [2.24, 2.45) is 5.73 Å². The predicted molar refractivity (Wildman–Crippen MR) is 78.3 cm³/mol. The van der Waals surface area contributed by atoms with Crippen LogP contribution in [0.25, 0.3) is 0 Å². The highest BCUT2D eigenvalue weighted by molar-refractivity contribution is 5.81. The van der Waals surface area contributed by atoms with Crippen LogP contribution in [-0.4, -0.2) is 41.0 Å². The summed E-state index contributed by atoms with van der Waals surface area (Å²) in [6.45, 7) is 3.75. The van der Waals surface area contributed by atoms with E-state index in [0.717, 1.165) is 44.7 Å². The number of aromatic nitrogens is 2. The van der Waals surface area contributed by atoms with E-state index in [9.17, 15) is 4.79 Å². The van der Waals surface area contributed by atoms with E-state index in [-0.39, 0.29) is 18.0 Å². The first-order valence-corrected chi connectivity index (χ1v) is 7.28. The van der Waals surface area contributed by atoms with Crippen LogP contribution in [0.1, 0.15) is 32.6 Å². The van der Waals surface area contributed by atoms with Gasteiger partial charge in [0.2, 0.25) is 11.9 Å². The summed E-state index contributed by atoms with van der Waals surface area (Å²) >= 11 is 0. The number of nitrogens with one attached hydrogen (secondary N) is 1. The van der Waals surface area contributed by atoms with Crippen molar-refractivity contribution in [2.45, 2.75) is 44.7 Å². The Labute approximate surface area is 119 Å². The van der Waals surface area contributed by atoms with Gasteiger partial charge in [0.25, 0.3) is 0 Å². The van der Waals surface area contributed by atoms with Crippen LogP contribution < -0.4 is 16.0 Å². The number of rotatable bonds is 5. The molecule has 1 aromatic heterocycles. The van der Waals surface area contributed by atoms with Gasteiger partial charge in [-0.2, -0.15) is 0 Å². The molecule has 1 atom stereocenters. The molecule has 0 radical (unpaired) electrons. The van der Waals surface area contributed by atoms with Crippen LogP contribution in [0.5, 0.6) is 0 Å². The molecule has 3 N–H and O–H groups in total. The highest BCUT2D eigenvalue weighted by atomic mass is 16.2. The molecule has 2 heterocycles. The number of nitrogens with zero attached hydrogens (tertiary/aromatic N) is 3. The number of nitrogens with two attached hydrogens (primary N) is 1. The first kappa shape index (κ1) is 14.7. The molecule has 1 saturated heterocycles. The van der Waals surface area contributed by atoms with Crippen LogP contribution in [0.3, 0.4) is 0 Å². The molecular formula is C14H23N5O. The van der Waals surface area contributed by atoms with Crippen molar-refractivity contribution in [2.75, 3.05) is 18.0 Å². The molecule has 20 heavy (non-hydrogen) atoms. The van der Waals surface area contributed by atoms with Crippen molar-refractivity contribution in [3.8, 4) is 0 Å². The second-order valence-corrected chi connectivity index (χ2v) is 5.21. The topological polar surface area (TPSA) is 84.1 Å². The van der Waals surface area contributed by atoms with Crippen molar-refractivity contribution in [3.63, 3.8) is 0 Å². The number of carbonyl (C=O) groups excluding carboxylic acids is 1. The Morgan fingerprint density at radius 1 is 1.45 bits per heavy atom. The molecular weight excluding hydrogens is 254 g/mol. The molecule has 0 bridgehead atoms. The minimum Gasteiger partial charge on any atom is -0.352 e. The monoisotopic (exact) mass is 277 g/mol. The Hall–Kier alpha value is -1.69.